The van der Waals surface area contributed by atoms with Gasteiger partial charge in [-0.2, -0.15) is 5.26 Å². The fraction of sp³-hybridized carbons (Fsp3) is 0.833. The smallest absolute Gasteiger partial charge is 0.312 e. The van der Waals surface area contributed by atoms with Gasteiger partial charge in [-0.3, -0.25) is 4.79 Å². The lowest BCUT2D eigenvalue weighted by Gasteiger charge is -2.33. The molecule has 1 rings (SSSR count). The van der Waals surface area contributed by atoms with Crippen LogP contribution in [-0.2, 0) is 14.0 Å². The second-order valence-corrected chi connectivity index (χ2v) is 9.84. The molecule has 0 amide bonds. The van der Waals surface area contributed by atoms with Crippen molar-refractivity contribution < 1.29 is 14.0 Å². The number of hydrogen-bond acceptors (Lipinski definition) is 4. The van der Waals surface area contributed by atoms with Gasteiger partial charge in [0.2, 0.25) is 0 Å². The Morgan fingerprint density at radius 1 is 1.53 bits per heavy atom. The van der Waals surface area contributed by atoms with Gasteiger partial charge in [0.25, 0.3) is 0 Å². The van der Waals surface area contributed by atoms with Gasteiger partial charge in [-0.1, -0.05) is 0 Å². The molecule has 96 valence electrons. The molecule has 1 saturated carbocycles. The summed E-state index contributed by atoms with van der Waals surface area (Å²) in [4.78, 5) is 11.9. The van der Waals surface area contributed by atoms with Crippen LogP contribution in [0.15, 0.2) is 0 Å². The average Bonchev–Trinajstić information content (AvgIpc) is 2.60. The Balaban J connectivity index is 2.90. The molecule has 2 atom stereocenters. The quantitative estimate of drug-likeness (QED) is 0.572. The van der Waals surface area contributed by atoms with E-state index in [0.717, 1.165) is 6.42 Å². The summed E-state index contributed by atoms with van der Waals surface area (Å²) in [5.41, 5.74) is -0.948. The fourth-order valence-corrected chi connectivity index (χ4v) is 3.74. The van der Waals surface area contributed by atoms with Crippen molar-refractivity contribution in [2.24, 2.45) is 5.92 Å². The molecule has 1 aliphatic carbocycles. The van der Waals surface area contributed by atoms with E-state index in [1.54, 1.807) is 6.92 Å². The summed E-state index contributed by atoms with van der Waals surface area (Å²) >= 11 is 0. The van der Waals surface area contributed by atoms with Gasteiger partial charge in [-0.25, -0.2) is 0 Å². The van der Waals surface area contributed by atoms with Crippen molar-refractivity contribution in [3.63, 3.8) is 0 Å². The zero-order valence-corrected chi connectivity index (χ0v) is 12.1. The van der Waals surface area contributed by atoms with Crippen LogP contribution in [0.2, 0.25) is 19.6 Å². The second kappa shape index (κ2) is 5.19. The van der Waals surface area contributed by atoms with Crippen LogP contribution in [0.4, 0.5) is 0 Å². The average molecular weight is 255 g/mol. The summed E-state index contributed by atoms with van der Waals surface area (Å²) in [6, 6.07) is 2.24. The van der Waals surface area contributed by atoms with Crippen molar-refractivity contribution in [3.05, 3.63) is 0 Å². The Hall–Kier alpha value is -0.863. The lowest BCUT2D eigenvalue weighted by molar-refractivity contribution is -0.152. The minimum absolute atomic E-state index is 0.287. The summed E-state index contributed by atoms with van der Waals surface area (Å²) in [5.74, 6) is -0.705. The number of nitriles is 1. The van der Waals surface area contributed by atoms with Gasteiger partial charge in [-0.05, 0) is 45.8 Å². The first-order valence-electron chi connectivity index (χ1n) is 6.13. The molecule has 0 N–H and O–H groups in total. The van der Waals surface area contributed by atoms with Crippen LogP contribution in [0.25, 0.3) is 0 Å². The van der Waals surface area contributed by atoms with Crippen molar-refractivity contribution >= 4 is 14.3 Å². The Labute approximate surface area is 104 Å². The third-order valence-electron chi connectivity index (χ3n) is 2.85. The van der Waals surface area contributed by atoms with Crippen molar-refractivity contribution in [2.45, 2.75) is 51.4 Å². The van der Waals surface area contributed by atoms with Crippen LogP contribution in [-0.4, -0.2) is 26.5 Å². The van der Waals surface area contributed by atoms with E-state index < -0.39 is 19.8 Å². The molecule has 2 unspecified atom stereocenters. The molecule has 1 fully saturated rings. The van der Waals surface area contributed by atoms with Crippen molar-refractivity contribution in [2.75, 3.05) is 6.61 Å². The molecule has 0 saturated heterocycles. The van der Waals surface area contributed by atoms with Gasteiger partial charge in [0.15, 0.2) is 13.9 Å². The van der Waals surface area contributed by atoms with E-state index in [1.807, 2.05) is 19.6 Å². The molecular weight excluding hydrogens is 234 g/mol. The molecule has 17 heavy (non-hydrogen) atoms. The Kier molecular flexibility index (Phi) is 4.34. The third kappa shape index (κ3) is 3.30. The third-order valence-corrected chi connectivity index (χ3v) is 3.83. The predicted octanol–water partition coefficient (Wildman–Crippen LogP) is 2.46. The zero-order valence-electron chi connectivity index (χ0n) is 11.1. The number of rotatable bonds is 4. The maximum Gasteiger partial charge on any atom is 0.312 e. The van der Waals surface area contributed by atoms with Crippen molar-refractivity contribution in [1.82, 2.24) is 0 Å². The largest absolute Gasteiger partial charge is 0.466 e. The maximum absolute atomic E-state index is 11.9. The number of carbonyl (C=O) groups excluding carboxylic acids is 1. The number of ether oxygens (including phenoxy) is 1. The molecule has 4 nitrogen and oxygen atoms in total. The molecule has 5 heteroatoms. The monoisotopic (exact) mass is 255 g/mol. The molecule has 0 heterocycles. The number of hydrogen-bond donors (Lipinski definition) is 0. The summed E-state index contributed by atoms with van der Waals surface area (Å²) in [5, 5.41) is 9.41. The van der Waals surface area contributed by atoms with Crippen LogP contribution < -0.4 is 0 Å². The Morgan fingerprint density at radius 3 is 2.65 bits per heavy atom. The van der Waals surface area contributed by atoms with E-state index in [9.17, 15) is 10.1 Å². The lowest BCUT2D eigenvalue weighted by Crippen LogP contribution is -2.47. The standard InChI is InChI=1S/C12H21NO3Si/c1-5-15-11(14)10-7-6-8-12(10,9-13)16-17(2,3)4/h10H,5-8H2,1-4H3. The molecule has 1 aliphatic rings. The highest BCUT2D eigenvalue weighted by atomic mass is 28.4. The van der Waals surface area contributed by atoms with Crippen LogP contribution >= 0.6 is 0 Å². The minimum atomic E-state index is -1.86. The second-order valence-electron chi connectivity index (χ2n) is 5.41. The highest BCUT2D eigenvalue weighted by Gasteiger charge is 2.51. The zero-order chi connectivity index (χ0) is 13.1. The van der Waals surface area contributed by atoms with Gasteiger partial charge in [0, 0.05) is 0 Å². The summed E-state index contributed by atoms with van der Waals surface area (Å²) in [6.45, 7) is 8.23. The summed E-state index contributed by atoms with van der Waals surface area (Å²) < 4.78 is 11.0. The first kappa shape index (κ1) is 14.2. The number of esters is 1. The first-order chi connectivity index (χ1) is 7.84. The molecule has 0 aliphatic heterocycles. The highest BCUT2D eigenvalue weighted by molar-refractivity contribution is 6.69. The maximum atomic E-state index is 11.9. The van der Waals surface area contributed by atoms with Crippen LogP contribution in [0.5, 0.6) is 0 Å². The predicted molar refractivity (Wildman–Crippen MR) is 66.7 cm³/mol. The number of carbonyl (C=O) groups is 1. The van der Waals surface area contributed by atoms with Crippen molar-refractivity contribution in [1.29, 1.82) is 5.26 Å². The van der Waals surface area contributed by atoms with Gasteiger partial charge >= 0.3 is 5.97 Å². The van der Waals surface area contributed by atoms with E-state index in [1.165, 1.54) is 0 Å². The molecule has 0 bridgehead atoms. The fourth-order valence-electron chi connectivity index (χ4n) is 2.35. The normalized spacial score (nSPS) is 28.8. The van der Waals surface area contributed by atoms with Gasteiger partial charge in [0.05, 0.1) is 18.6 Å². The van der Waals surface area contributed by atoms with E-state index in [4.69, 9.17) is 9.16 Å². The van der Waals surface area contributed by atoms with Gasteiger partial charge in [-0.15, -0.1) is 0 Å². The SMILES string of the molecule is CCOC(=O)C1CCCC1(C#N)O[Si](C)(C)C. The molecule has 0 spiro atoms. The minimum Gasteiger partial charge on any atom is -0.466 e. The van der Waals surface area contributed by atoms with Crippen LogP contribution in [0.3, 0.4) is 0 Å². The first-order valence-corrected chi connectivity index (χ1v) is 9.53. The van der Waals surface area contributed by atoms with E-state index >= 15 is 0 Å². The molecule has 0 radical (unpaired) electrons. The Bertz CT molecular complexity index is 332. The van der Waals surface area contributed by atoms with E-state index in [0.29, 0.717) is 19.4 Å². The highest BCUT2D eigenvalue weighted by Crippen LogP contribution is 2.41. The topological polar surface area (TPSA) is 59.3 Å². The van der Waals surface area contributed by atoms with Gasteiger partial charge in [0.1, 0.15) is 0 Å². The molecule has 0 aromatic rings. The summed E-state index contributed by atoms with van der Waals surface area (Å²) in [6.07, 6.45) is 2.18. The molecule has 0 aromatic carbocycles. The van der Waals surface area contributed by atoms with E-state index in [2.05, 4.69) is 6.07 Å². The van der Waals surface area contributed by atoms with Crippen LogP contribution in [0.1, 0.15) is 26.2 Å². The van der Waals surface area contributed by atoms with Crippen LogP contribution in [0, 0.1) is 17.2 Å². The lowest BCUT2D eigenvalue weighted by atomic mass is 9.92. The molecule has 0 aromatic heterocycles. The summed E-state index contributed by atoms with van der Waals surface area (Å²) in [7, 11) is -1.86. The molecular formula is C12H21NO3Si. The van der Waals surface area contributed by atoms with Crippen molar-refractivity contribution in [3.8, 4) is 6.07 Å². The number of nitrogens with zero attached hydrogens (tertiary/aromatic N) is 1. The Morgan fingerprint density at radius 2 is 2.18 bits per heavy atom. The van der Waals surface area contributed by atoms with Gasteiger partial charge < -0.3 is 9.16 Å². The van der Waals surface area contributed by atoms with E-state index in [-0.39, 0.29) is 5.97 Å².